The Hall–Kier alpha value is -2.78. The molecule has 0 saturated carbocycles. The Balaban J connectivity index is 1.99. The molecule has 1 unspecified atom stereocenters. The van der Waals surface area contributed by atoms with E-state index in [1.165, 1.54) is 11.7 Å². The van der Waals surface area contributed by atoms with E-state index in [0.717, 1.165) is 5.69 Å². The predicted octanol–water partition coefficient (Wildman–Crippen LogP) is 3.00. The van der Waals surface area contributed by atoms with Crippen molar-refractivity contribution in [1.29, 1.82) is 0 Å². The summed E-state index contributed by atoms with van der Waals surface area (Å²) in [6.45, 7) is 5.09. The minimum Gasteiger partial charge on any atom is -0.453 e. The Bertz CT molecular complexity index is 1070. The summed E-state index contributed by atoms with van der Waals surface area (Å²) < 4.78 is 12.2. The molecule has 1 aliphatic heterocycles. The summed E-state index contributed by atoms with van der Waals surface area (Å²) in [7, 11) is 6.91. The molecule has 2 heterocycles. The molecule has 1 aromatic heterocycles. The zero-order valence-corrected chi connectivity index (χ0v) is 20.8. The molecule has 0 radical (unpaired) electrons. The zero-order chi connectivity index (χ0) is 24.3. The summed E-state index contributed by atoms with van der Waals surface area (Å²) in [5.74, 6) is 0.502. The third kappa shape index (κ3) is 5.09. The van der Waals surface area contributed by atoms with Crippen LogP contribution in [0.2, 0.25) is 5.02 Å². The number of rotatable bonds is 7. The summed E-state index contributed by atoms with van der Waals surface area (Å²) in [5, 5.41) is 3.84. The molecular weight excluding hydrogens is 446 g/mol. The van der Waals surface area contributed by atoms with Gasteiger partial charge in [-0.15, -0.1) is 0 Å². The van der Waals surface area contributed by atoms with Crippen LogP contribution in [0.4, 0.5) is 16.2 Å². The van der Waals surface area contributed by atoms with E-state index in [1.54, 1.807) is 11.9 Å². The Morgan fingerprint density at radius 3 is 2.61 bits per heavy atom. The van der Waals surface area contributed by atoms with Gasteiger partial charge in [-0.1, -0.05) is 18.5 Å². The lowest BCUT2D eigenvalue weighted by Crippen LogP contribution is -2.38. The highest BCUT2D eigenvalue weighted by atomic mass is 35.5. The van der Waals surface area contributed by atoms with Crippen molar-refractivity contribution in [3.63, 3.8) is 0 Å². The minimum atomic E-state index is -0.420. The van der Waals surface area contributed by atoms with Crippen molar-refractivity contribution in [2.75, 3.05) is 51.1 Å². The Morgan fingerprint density at radius 2 is 2.03 bits per heavy atom. The van der Waals surface area contributed by atoms with E-state index in [-0.39, 0.29) is 17.7 Å². The van der Waals surface area contributed by atoms with Gasteiger partial charge in [-0.2, -0.15) is 0 Å². The minimum absolute atomic E-state index is 0.212. The standard InChI is InChI=1S/C23H32ClN5O4/c1-7-17-20(25-18-12-29(23(31)32-6)13-19(18)33-8-2)22(30)28(5)21(26-17)15-10-9-14(27(3)4)11-16(15)24/h9-11,18-19,25H,7-8,12-13H2,1-6H3/t18?,19-/m0/s1. The number of likely N-dealkylation sites (tertiary alicyclic amines) is 1. The summed E-state index contributed by atoms with van der Waals surface area (Å²) in [4.78, 5) is 33.8. The predicted molar refractivity (Wildman–Crippen MR) is 130 cm³/mol. The number of ether oxygens (including phenoxy) is 2. The fourth-order valence-electron chi connectivity index (χ4n) is 4.01. The van der Waals surface area contributed by atoms with Crippen LogP contribution in [0.5, 0.6) is 0 Å². The van der Waals surface area contributed by atoms with Gasteiger partial charge >= 0.3 is 6.09 Å². The molecule has 0 aliphatic carbocycles. The topological polar surface area (TPSA) is 88.9 Å². The number of methoxy groups -OCH3 is 1. The first-order chi connectivity index (χ1) is 15.7. The van der Waals surface area contributed by atoms with Gasteiger partial charge in [0.15, 0.2) is 0 Å². The lowest BCUT2D eigenvalue weighted by atomic mass is 10.1. The monoisotopic (exact) mass is 477 g/mol. The number of aryl methyl sites for hydroxylation is 1. The van der Waals surface area contributed by atoms with Crippen molar-refractivity contribution < 1.29 is 14.3 Å². The summed E-state index contributed by atoms with van der Waals surface area (Å²) in [5.41, 5.74) is 2.48. The number of amides is 1. The number of aromatic nitrogens is 2. The summed E-state index contributed by atoms with van der Waals surface area (Å²) >= 11 is 6.55. The number of hydrogen-bond acceptors (Lipinski definition) is 7. The van der Waals surface area contributed by atoms with Gasteiger partial charge in [0.25, 0.3) is 5.56 Å². The largest absolute Gasteiger partial charge is 0.453 e. The van der Waals surface area contributed by atoms with E-state index in [0.29, 0.717) is 53.9 Å². The van der Waals surface area contributed by atoms with E-state index in [2.05, 4.69) is 5.32 Å². The molecule has 1 aliphatic rings. The van der Waals surface area contributed by atoms with Crippen molar-refractivity contribution in [2.45, 2.75) is 32.4 Å². The third-order valence-corrected chi connectivity index (χ3v) is 6.13. The van der Waals surface area contributed by atoms with Crippen LogP contribution in [-0.4, -0.2) is 73.6 Å². The molecule has 1 saturated heterocycles. The van der Waals surface area contributed by atoms with Crippen LogP contribution in [0.1, 0.15) is 19.5 Å². The molecule has 2 atom stereocenters. The van der Waals surface area contributed by atoms with Gasteiger partial charge in [0.1, 0.15) is 11.5 Å². The molecule has 3 rings (SSSR count). The molecule has 0 spiro atoms. The normalized spacial score (nSPS) is 17.8. The van der Waals surface area contributed by atoms with Crippen LogP contribution < -0.4 is 15.8 Å². The van der Waals surface area contributed by atoms with Crippen molar-refractivity contribution >= 4 is 29.1 Å². The number of carbonyl (C=O) groups excluding carboxylic acids is 1. The summed E-state index contributed by atoms with van der Waals surface area (Å²) in [6, 6.07) is 5.41. The lowest BCUT2D eigenvalue weighted by molar-refractivity contribution is 0.0614. The Kier molecular flexibility index (Phi) is 7.86. The van der Waals surface area contributed by atoms with Gasteiger partial charge in [0.05, 0.1) is 36.5 Å². The maximum absolute atomic E-state index is 13.4. The van der Waals surface area contributed by atoms with Crippen molar-refractivity contribution in [3.8, 4) is 11.4 Å². The second kappa shape index (κ2) is 10.4. The Labute approximate surface area is 199 Å². The quantitative estimate of drug-likeness (QED) is 0.655. The maximum atomic E-state index is 13.4. The molecule has 1 amide bonds. The molecule has 1 fully saturated rings. The molecule has 2 aromatic rings. The lowest BCUT2D eigenvalue weighted by Gasteiger charge is -2.22. The fourth-order valence-corrected chi connectivity index (χ4v) is 4.27. The van der Waals surface area contributed by atoms with Crippen LogP contribution in [0, 0.1) is 0 Å². The number of carbonyl (C=O) groups is 1. The molecule has 10 heteroatoms. The van der Waals surface area contributed by atoms with Crippen molar-refractivity contribution in [2.24, 2.45) is 7.05 Å². The van der Waals surface area contributed by atoms with Crippen LogP contribution in [0.3, 0.4) is 0 Å². The molecule has 1 aromatic carbocycles. The molecule has 180 valence electrons. The second-order valence-corrected chi connectivity index (χ2v) is 8.56. The molecule has 0 bridgehead atoms. The number of halogens is 1. The van der Waals surface area contributed by atoms with E-state index in [4.69, 9.17) is 26.1 Å². The van der Waals surface area contributed by atoms with E-state index in [1.807, 2.05) is 51.0 Å². The highest BCUT2D eigenvalue weighted by Crippen LogP contribution is 2.30. The van der Waals surface area contributed by atoms with Gasteiger partial charge < -0.3 is 24.6 Å². The number of anilines is 2. The second-order valence-electron chi connectivity index (χ2n) is 8.15. The zero-order valence-electron chi connectivity index (χ0n) is 20.0. The fraction of sp³-hybridized carbons (Fsp3) is 0.522. The molecule has 9 nitrogen and oxygen atoms in total. The molecule has 1 N–H and O–H groups in total. The smallest absolute Gasteiger partial charge is 0.409 e. The van der Waals surface area contributed by atoms with Crippen LogP contribution in [0.25, 0.3) is 11.4 Å². The highest BCUT2D eigenvalue weighted by molar-refractivity contribution is 6.33. The maximum Gasteiger partial charge on any atom is 0.409 e. The van der Waals surface area contributed by atoms with Crippen molar-refractivity contribution in [1.82, 2.24) is 14.5 Å². The van der Waals surface area contributed by atoms with E-state index >= 15 is 0 Å². The van der Waals surface area contributed by atoms with Crippen molar-refractivity contribution in [3.05, 3.63) is 39.3 Å². The van der Waals surface area contributed by atoms with Gasteiger partial charge in [0, 0.05) is 45.5 Å². The van der Waals surface area contributed by atoms with Crippen LogP contribution in [0.15, 0.2) is 23.0 Å². The Morgan fingerprint density at radius 1 is 1.30 bits per heavy atom. The summed E-state index contributed by atoms with van der Waals surface area (Å²) in [6.07, 6.45) is -0.140. The highest BCUT2D eigenvalue weighted by Gasteiger charge is 2.37. The van der Waals surface area contributed by atoms with Crippen LogP contribution in [-0.2, 0) is 22.9 Å². The average Bonchev–Trinajstić information content (AvgIpc) is 3.19. The molecule has 33 heavy (non-hydrogen) atoms. The first kappa shape index (κ1) is 24.9. The number of hydrogen-bond donors (Lipinski definition) is 1. The van der Waals surface area contributed by atoms with E-state index in [9.17, 15) is 9.59 Å². The average molecular weight is 478 g/mol. The first-order valence-electron chi connectivity index (χ1n) is 11.0. The number of nitrogens with zero attached hydrogens (tertiary/aromatic N) is 4. The number of nitrogens with one attached hydrogen (secondary N) is 1. The SMILES string of the molecule is CCO[C@H]1CN(C(=O)OC)CC1Nc1c(CC)nc(-c2ccc(N(C)C)cc2Cl)n(C)c1=O. The van der Waals surface area contributed by atoms with Crippen LogP contribution >= 0.6 is 11.6 Å². The van der Waals surface area contributed by atoms with Gasteiger partial charge in [-0.05, 0) is 31.5 Å². The third-order valence-electron chi connectivity index (χ3n) is 5.82. The molecular formula is C23H32ClN5O4. The van der Waals surface area contributed by atoms with Gasteiger partial charge in [-0.3, -0.25) is 9.36 Å². The van der Waals surface area contributed by atoms with E-state index < -0.39 is 6.09 Å². The number of benzene rings is 1. The van der Waals surface area contributed by atoms with Gasteiger partial charge in [0.2, 0.25) is 0 Å². The van der Waals surface area contributed by atoms with Gasteiger partial charge in [-0.25, -0.2) is 9.78 Å². The first-order valence-corrected chi connectivity index (χ1v) is 11.4.